The summed E-state index contributed by atoms with van der Waals surface area (Å²) in [4.78, 5) is 13.0. The molecule has 74 valence electrons. The molecule has 1 aliphatic carbocycles. The molecule has 2 atom stereocenters. The maximum absolute atomic E-state index is 12.1. The topological polar surface area (TPSA) is 29.4 Å². The summed E-state index contributed by atoms with van der Waals surface area (Å²) in [6.07, 6.45) is -1.96. The molecule has 1 rings (SSSR count). The van der Waals surface area contributed by atoms with E-state index in [1.165, 1.54) is 6.08 Å². The highest BCUT2D eigenvalue weighted by molar-refractivity contribution is 5.32. The van der Waals surface area contributed by atoms with Gasteiger partial charge in [0.1, 0.15) is 0 Å². The van der Waals surface area contributed by atoms with E-state index in [0.29, 0.717) is 6.42 Å². The average Bonchev–Trinajstić information content (AvgIpc) is 2.47. The highest BCUT2D eigenvalue weighted by atomic mass is 19.4. The first kappa shape index (κ1) is 10.3. The number of rotatable bonds is 2. The van der Waals surface area contributed by atoms with E-state index < -0.39 is 12.1 Å². The first-order chi connectivity index (χ1) is 6.04. The van der Waals surface area contributed by atoms with Gasteiger partial charge in [-0.25, -0.2) is 9.79 Å². The minimum atomic E-state index is -4.08. The van der Waals surface area contributed by atoms with E-state index in [1.54, 1.807) is 0 Å². The van der Waals surface area contributed by atoms with Crippen molar-refractivity contribution in [1.29, 1.82) is 0 Å². The lowest BCUT2D eigenvalue weighted by Crippen LogP contribution is -2.20. The van der Waals surface area contributed by atoms with Crippen molar-refractivity contribution in [2.24, 2.45) is 16.8 Å². The Hall–Kier alpha value is -0.830. The molecular formula is C8H10F3NO. The number of isocyanates is 1. The van der Waals surface area contributed by atoms with Crippen molar-refractivity contribution in [2.75, 3.05) is 6.54 Å². The second-order valence-corrected chi connectivity index (χ2v) is 3.35. The van der Waals surface area contributed by atoms with Crippen molar-refractivity contribution < 1.29 is 18.0 Å². The van der Waals surface area contributed by atoms with Crippen LogP contribution in [-0.4, -0.2) is 18.8 Å². The van der Waals surface area contributed by atoms with Gasteiger partial charge in [0.05, 0.1) is 12.5 Å². The van der Waals surface area contributed by atoms with Crippen LogP contribution in [0.1, 0.15) is 19.3 Å². The summed E-state index contributed by atoms with van der Waals surface area (Å²) < 4.78 is 36.4. The normalized spacial score (nSPS) is 28.5. The van der Waals surface area contributed by atoms with E-state index in [0.717, 1.165) is 0 Å². The fourth-order valence-corrected chi connectivity index (χ4v) is 1.70. The largest absolute Gasteiger partial charge is 0.391 e. The number of halogens is 3. The van der Waals surface area contributed by atoms with Gasteiger partial charge in [-0.2, -0.15) is 13.2 Å². The Bertz CT molecular complexity index is 220. The van der Waals surface area contributed by atoms with Gasteiger partial charge in [0.25, 0.3) is 0 Å². The fraction of sp³-hybridized carbons (Fsp3) is 0.875. The molecule has 2 unspecified atom stereocenters. The lowest BCUT2D eigenvalue weighted by atomic mass is 10.1. The predicted molar refractivity (Wildman–Crippen MR) is 39.9 cm³/mol. The zero-order chi connectivity index (χ0) is 9.90. The van der Waals surface area contributed by atoms with Crippen LogP contribution in [-0.2, 0) is 4.79 Å². The Morgan fingerprint density at radius 2 is 2.08 bits per heavy atom. The summed E-state index contributed by atoms with van der Waals surface area (Å²) in [6, 6.07) is 0. The molecule has 0 radical (unpaired) electrons. The van der Waals surface area contributed by atoms with Crippen LogP contribution in [0.15, 0.2) is 4.99 Å². The molecule has 0 bridgehead atoms. The standard InChI is InChI=1S/C8H10F3NO/c9-8(10,11)7-2-1-6(3-7)4-12-5-13/h6-7H,1-4H2. The molecule has 0 spiro atoms. The molecule has 1 saturated carbocycles. The van der Waals surface area contributed by atoms with Crippen molar-refractivity contribution in [3.05, 3.63) is 0 Å². The van der Waals surface area contributed by atoms with E-state index >= 15 is 0 Å². The number of nitrogens with zero attached hydrogens (tertiary/aromatic N) is 1. The van der Waals surface area contributed by atoms with Gasteiger partial charge in [-0.3, -0.25) is 0 Å². The summed E-state index contributed by atoms with van der Waals surface area (Å²) >= 11 is 0. The highest BCUT2D eigenvalue weighted by Crippen LogP contribution is 2.41. The van der Waals surface area contributed by atoms with Crippen LogP contribution >= 0.6 is 0 Å². The monoisotopic (exact) mass is 193 g/mol. The first-order valence-electron chi connectivity index (χ1n) is 4.14. The van der Waals surface area contributed by atoms with Gasteiger partial charge in [0, 0.05) is 0 Å². The zero-order valence-corrected chi connectivity index (χ0v) is 6.97. The molecule has 0 aromatic carbocycles. The highest BCUT2D eigenvalue weighted by Gasteiger charge is 2.43. The molecule has 1 aliphatic rings. The van der Waals surface area contributed by atoms with Gasteiger partial charge in [-0.15, -0.1) is 0 Å². The third kappa shape index (κ3) is 2.84. The molecular weight excluding hydrogens is 183 g/mol. The van der Waals surface area contributed by atoms with Crippen LogP contribution in [0.5, 0.6) is 0 Å². The van der Waals surface area contributed by atoms with Crippen LogP contribution in [0.4, 0.5) is 13.2 Å². The van der Waals surface area contributed by atoms with Gasteiger partial charge < -0.3 is 0 Å². The van der Waals surface area contributed by atoms with Gasteiger partial charge in [-0.05, 0) is 25.2 Å². The summed E-state index contributed by atoms with van der Waals surface area (Å²) in [5.74, 6) is -1.28. The molecule has 0 heterocycles. The third-order valence-corrected chi connectivity index (χ3v) is 2.42. The molecule has 2 nitrogen and oxygen atoms in total. The third-order valence-electron chi connectivity index (χ3n) is 2.42. The van der Waals surface area contributed by atoms with Crippen LogP contribution in [0.2, 0.25) is 0 Å². The van der Waals surface area contributed by atoms with E-state index in [-0.39, 0.29) is 25.3 Å². The minimum Gasteiger partial charge on any atom is -0.211 e. The van der Waals surface area contributed by atoms with Gasteiger partial charge in [-0.1, -0.05) is 0 Å². The van der Waals surface area contributed by atoms with Crippen molar-refractivity contribution in [3.63, 3.8) is 0 Å². The molecule has 0 aromatic rings. The Morgan fingerprint density at radius 3 is 2.54 bits per heavy atom. The molecule has 1 fully saturated rings. The molecule has 0 saturated heterocycles. The maximum Gasteiger partial charge on any atom is 0.391 e. The first-order valence-corrected chi connectivity index (χ1v) is 4.14. The Morgan fingerprint density at radius 1 is 1.38 bits per heavy atom. The zero-order valence-electron chi connectivity index (χ0n) is 6.97. The van der Waals surface area contributed by atoms with Crippen molar-refractivity contribution in [1.82, 2.24) is 0 Å². The number of aliphatic imine (C=N–C) groups is 1. The summed E-state index contributed by atoms with van der Waals surface area (Å²) in [5.41, 5.74) is 0. The average molecular weight is 193 g/mol. The van der Waals surface area contributed by atoms with E-state index in [2.05, 4.69) is 4.99 Å². The number of hydrogen-bond acceptors (Lipinski definition) is 2. The van der Waals surface area contributed by atoms with E-state index in [9.17, 15) is 18.0 Å². The lowest BCUT2D eigenvalue weighted by molar-refractivity contribution is -0.173. The summed E-state index contributed by atoms with van der Waals surface area (Å²) in [6.45, 7) is 0.191. The van der Waals surface area contributed by atoms with E-state index in [1.807, 2.05) is 0 Å². The second kappa shape index (κ2) is 3.92. The minimum absolute atomic E-state index is 0.0897. The van der Waals surface area contributed by atoms with Crippen LogP contribution < -0.4 is 0 Å². The molecule has 0 aromatic heterocycles. The number of alkyl halides is 3. The molecule has 0 amide bonds. The quantitative estimate of drug-likeness (QED) is 0.488. The van der Waals surface area contributed by atoms with E-state index in [4.69, 9.17) is 0 Å². The number of hydrogen-bond donors (Lipinski definition) is 0. The van der Waals surface area contributed by atoms with Crippen LogP contribution in [0, 0.1) is 11.8 Å². The lowest BCUT2D eigenvalue weighted by Gasteiger charge is -2.13. The smallest absolute Gasteiger partial charge is 0.211 e. The summed E-state index contributed by atoms with van der Waals surface area (Å²) in [5, 5.41) is 0. The molecule has 13 heavy (non-hydrogen) atoms. The predicted octanol–water partition coefficient (Wildman–Crippen LogP) is 2.30. The van der Waals surface area contributed by atoms with Gasteiger partial charge in [0.2, 0.25) is 6.08 Å². The molecule has 5 heteroatoms. The maximum atomic E-state index is 12.1. The van der Waals surface area contributed by atoms with Crippen molar-refractivity contribution in [2.45, 2.75) is 25.4 Å². The molecule has 0 N–H and O–H groups in total. The van der Waals surface area contributed by atoms with Crippen molar-refractivity contribution in [3.8, 4) is 0 Å². The van der Waals surface area contributed by atoms with Gasteiger partial charge >= 0.3 is 6.18 Å². The van der Waals surface area contributed by atoms with Gasteiger partial charge in [0.15, 0.2) is 0 Å². The molecule has 0 aliphatic heterocycles. The Labute approximate surface area is 73.8 Å². The second-order valence-electron chi connectivity index (χ2n) is 3.35. The Kier molecular flexibility index (Phi) is 3.09. The van der Waals surface area contributed by atoms with Crippen LogP contribution in [0.3, 0.4) is 0 Å². The SMILES string of the molecule is O=C=NCC1CCC(C(F)(F)F)C1. The van der Waals surface area contributed by atoms with Crippen LogP contribution in [0.25, 0.3) is 0 Å². The van der Waals surface area contributed by atoms with Crippen molar-refractivity contribution >= 4 is 6.08 Å². The number of carbonyl (C=O) groups excluding carboxylic acids is 1. The fourth-order valence-electron chi connectivity index (χ4n) is 1.70. The Balaban J connectivity index is 2.40. The summed E-state index contributed by atoms with van der Waals surface area (Å²) in [7, 11) is 0.